The van der Waals surface area contributed by atoms with Crippen LogP contribution in [0.4, 0.5) is 0 Å². The van der Waals surface area contributed by atoms with E-state index in [0.29, 0.717) is 16.9 Å². The minimum Gasteiger partial charge on any atom is -0.458 e. The molecule has 21 heavy (non-hydrogen) atoms. The van der Waals surface area contributed by atoms with Crippen LogP contribution in [0.5, 0.6) is 0 Å². The number of fused-ring (bicyclic) bond motifs is 2. The van der Waals surface area contributed by atoms with Crippen molar-refractivity contribution in [2.75, 3.05) is 0 Å². The fourth-order valence-electron chi connectivity index (χ4n) is 2.44. The summed E-state index contributed by atoms with van der Waals surface area (Å²) in [7, 11) is 0. The van der Waals surface area contributed by atoms with Crippen molar-refractivity contribution in [2.24, 2.45) is 0 Å². The highest BCUT2D eigenvalue weighted by atomic mass is 16.5. The maximum atomic E-state index is 11.5. The third-order valence-corrected chi connectivity index (χ3v) is 3.42. The lowest BCUT2D eigenvalue weighted by Gasteiger charge is -2.03. The Bertz CT molecular complexity index is 914. The fourth-order valence-corrected chi connectivity index (χ4v) is 2.44. The number of carbonyl (C=O) groups is 1. The number of aryl methyl sites for hydroxylation is 2. The summed E-state index contributed by atoms with van der Waals surface area (Å²) in [6.45, 7) is 5.14. The Morgan fingerprint density at radius 3 is 2.62 bits per heavy atom. The van der Waals surface area contributed by atoms with Gasteiger partial charge >= 0.3 is 11.6 Å². The van der Waals surface area contributed by atoms with Crippen molar-refractivity contribution < 1.29 is 18.4 Å². The molecule has 0 atom stereocenters. The van der Waals surface area contributed by atoms with Crippen molar-refractivity contribution in [3.63, 3.8) is 0 Å². The molecule has 0 aliphatic heterocycles. The molecule has 0 N–H and O–H groups in total. The molecular formula is C16H14O5. The lowest BCUT2D eigenvalue weighted by Crippen LogP contribution is -1.98. The Labute approximate surface area is 120 Å². The number of carbonyl (C=O) groups excluding carboxylic acids is 1. The first kappa shape index (κ1) is 13.4. The molecule has 0 radical (unpaired) electrons. The van der Waals surface area contributed by atoms with E-state index in [2.05, 4.69) is 0 Å². The number of benzene rings is 1. The Morgan fingerprint density at radius 1 is 1.14 bits per heavy atom. The average Bonchev–Trinajstić information content (AvgIpc) is 2.81. The molecule has 0 unspecified atom stereocenters. The number of esters is 1. The van der Waals surface area contributed by atoms with Crippen LogP contribution in [0.15, 0.2) is 31.8 Å². The van der Waals surface area contributed by atoms with Gasteiger partial charge in [-0.15, -0.1) is 0 Å². The maximum Gasteiger partial charge on any atom is 0.336 e. The summed E-state index contributed by atoms with van der Waals surface area (Å²) in [6, 6.07) is 5.21. The molecule has 0 bridgehead atoms. The molecule has 0 fully saturated rings. The quantitative estimate of drug-likeness (QED) is 0.534. The zero-order chi connectivity index (χ0) is 15.1. The molecule has 0 aliphatic rings. The zero-order valence-corrected chi connectivity index (χ0v) is 12.0. The van der Waals surface area contributed by atoms with Crippen LogP contribution in [0, 0.1) is 13.8 Å². The first-order chi connectivity index (χ1) is 9.95. The second-order valence-electron chi connectivity index (χ2n) is 5.04. The van der Waals surface area contributed by atoms with E-state index in [1.54, 1.807) is 0 Å². The Balaban J connectivity index is 2.23. The summed E-state index contributed by atoms with van der Waals surface area (Å²) < 4.78 is 15.9. The number of ether oxygens (including phenoxy) is 1. The van der Waals surface area contributed by atoms with E-state index >= 15 is 0 Å². The van der Waals surface area contributed by atoms with Gasteiger partial charge in [0.25, 0.3) is 0 Å². The molecule has 1 aromatic carbocycles. The van der Waals surface area contributed by atoms with Crippen LogP contribution < -0.4 is 5.63 Å². The van der Waals surface area contributed by atoms with Crippen molar-refractivity contribution in [1.82, 2.24) is 0 Å². The molecule has 0 spiro atoms. The molecule has 2 aromatic heterocycles. The van der Waals surface area contributed by atoms with E-state index < -0.39 is 0 Å². The van der Waals surface area contributed by atoms with Gasteiger partial charge in [0.05, 0.1) is 0 Å². The molecule has 0 amide bonds. The van der Waals surface area contributed by atoms with Gasteiger partial charge in [-0.25, -0.2) is 4.79 Å². The Hall–Kier alpha value is -2.56. The number of hydrogen-bond acceptors (Lipinski definition) is 5. The highest BCUT2D eigenvalue weighted by Gasteiger charge is 2.14. The van der Waals surface area contributed by atoms with Gasteiger partial charge in [-0.05, 0) is 31.5 Å². The molecule has 3 aromatic rings. The molecule has 5 heteroatoms. The van der Waals surface area contributed by atoms with Crippen LogP contribution in [0.2, 0.25) is 0 Å². The predicted molar refractivity (Wildman–Crippen MR) is 77.2 cm³/mol. The van der Waals surface area contributed by atoms with Crippen molar-refractivity contribution in [3.8, 4) is 0 Å². The second kappa shape index (κ2) is 4.77. The maximum absolute atomic E-state index is 11.5. The zero-order valence-electron chi connectivity index (χ0n) is 12.0. The lowest BCUT2D eigenvalue weighted by molar-refractivity contribution is -0.142. The van der Waals surface area contributed by atoms with Gasteiger partial charge in [-0.2, -0.15) is 0 Å². The molecule has 2 heterocycles. The van der Waals surface area contributed by atoms with Crippen molar-refractivity contribution in [2.45, 2.75) is 27.4 Å². The summed E-state index contributed by atoms with van der Waals surface area (Å²) in [5, 5.41) is 1.76. The van der Waals surface area contributed by atoms with Gasteiger partial charge in [-0.3, -0.25) is 4.79 Å². The van der Waals surface area contributed by atoms with Crippen LogP contribution in [-0.4, -0.2) is 5.97 Å². The topological polar surface area (TPSA) is 69.7 Å². The van der Waals surface area contributed by atoms with Crippen LogP contribution >= 0.6 is 0 Å². The van der Waals surface area contributed by atoms with Gasteiger partial charge in [-0.1, -0.05) is 0 Å². The predicted octanol–water partition coefficient (Wildman–Crippen LogP) is 3.22. The molecule has 108 valence electrons. The number of hydrogen-bond donors (Lipinski definition) is 0. The summed E-state index contributed by atoms with van der Waals surface area (Å²) in [6.07, 6.45) is 0. The van der Waals surface area contributed by atoms with Crippen LogP contribution in [0.3, 0.4) is 0 Å². The monoisotopic (exact) mass is 286 g/mol. The fraction of sp³-hybridized carbons (Fsp3) is 0.250. The van der Waals surface area contributed by atoms with E-state index in [0.717, 1.165) is 21.9 Å². The highest BCUT2D eigenvalue weighted by molar-refractivity contribution is 5.98. The summed E-state index contributed by atoms with van der Waals surface area (Å²) in [4.78, 5) is 22.4. The molecule has 5 nitrogen and oxygen atoms in total. The SMILES string of the molecule is CC(=O)OCc1cc2cc3c(C)cc(=O)oc3c(C)c2o1. The van der Waals surface area contributed by atoms with E-state index in [1.807, 2.05) is 26.0 Å². The molecule has 0 saturated carbocycles. The van der Waals surface area contributed by atoms with Crippen molar-refractivity contribution in [1.29, 1.82) is 0 Å². The summed E-state index contributed by atoms with van der Waals surface area (Å²) >= 11 is 0. The first-order valence-corrected chi connectivity index (χ1v) is 6.55. The summed E-state index contributed by atoms with van der Waals surface area (Å²) in [5.74, 6) is 0.192. The average molecular weight is 286 g/mol. The van der Waals surface area contributed by atoms with E-state index in [1.165, 1.54) is 13.0 Å². The standard InChI is InChI=1S/C16H14O5/c1-8-4-14(18)21-16-9(2)15-11(6-13(8)16)5-12(20-15)7-19-10(3)17/h4-6H,7H2,1-3H3. The third-order valence-electron chi connectivity index (χ3n) is 3.42. The van der Waals surface area contributed by atoms with Gasteiger partial charge in [0, 0.05) is 29.3 Å². The lowest BCUT2D eigenvalue weighted by atomic mass is 10.1. The van der Waals surface area contributed by atoms with Crippen molar-refractivity contribution in [3.05, 3.63) is 45.5 Å². The van der Waals surface area contributed by atoms with Crippen LogP contribution in [0.25, 0.3) is 21.9 Å². The van der Waals surface area contributed by atoms with Gasteiger partial charge in [0.15, 0.2) is 0 Å². The van der Waals surface area contributed by atoms with Crippen molar-refractivity contribution >= 4 is 27.9 Å². The van der Waals surface area contributed by atoms with Gasteiger partial charge in [0.1, 0.15) is 23.5 Å². The second-order valence-corrected chi connectivity index (χ2v) is 5.04. The Morgan fingerprint density at radius 2 is 1.90 bits per heavy atom. The first-order valence-electron chi connectivity index (χ1n) is 6.55. The molecule has 0 aliphatic carbocycles. The van der Waals surface area contributed by atoms with Crippen LogP contribution in [0.1, 0.15) is 23.8 Å². The molecule has 0 saturated heterocycles. The normalized spacial score (nSPS) is 11.2. The minimum atomic E-state index is -0.380. The highest BCUT2D eigenvalue weighted by Crippen LogP contribution is 2.31. The molecular weight excluding hydrogens is 272 g/mol. The van der Waals surface area contributed by atoms with Gasteiger partial charge < -0.3 is 13.6 Å². The number of furan rings is 1. The smallest absolute Gasteiger partial charge is 0.336 e. The summed E-state index contributed by atoms with van der Waals surface area (Å²) in [5.41, 5.74) is 2.40. The van der Waals surface area contributed by atoms with E-state index in [9.17, 15) is 9.59 Å². The third kappa shape index (κ3) is 2.31. The number of rotatable bonds is 2. The van der Waals surface area contributed by atoms with Gasteiger partial charge in [0.2, 0.25) is 0 Å². The van der Waals surface area contributed by atoms with Crippen LogP contribution in [-0.2, 0) is 16.1 Å². The Kier molecular flexibility index (Phi) is 3.05. The minimum absolute atomic E-state index is 0.0860. The molecule has 3 rings (SSSR count). The van der Waals surface area contributed by atoms with E-state index in [4.69, 9.17) is 13.6 Å². The largest absolute Gasteiger partial charge is 0.458 e. The van der Waals surface area contributed by atoms with E-state index in [-0.39, 0.29) is 18.2 Å².